The first-order valence-corrected chi connectivity index (χ1v) is 9.12. The minimum absolute atomic E-state index is 0.0488. The maximum Gasteiger partial charge on any atom is 0.261 e. The van der Waals surface area contributed by atoms with Crippen LogP contribution in [0.3, 0.4) is 0 Å². The van der Waals surface area contributed by atoms with E-state index in [1.54, 1.807) is 0 Å². The van der Waals surface area contributed by atoms with E-state index in [4.69, 9.17) is 9.72 Å². The number of rotatable bonds is 4. The minimum atomic E-state index is 0.0488. The van der Waals surface area contributed by atoms with Gasteiger partial charge in [-0.1, -0.05) is 43.3 Å². The maximum absolute atomic E-state index is 12.9. The van der Waals surface area contributed by atoms with Gasteiger partial charge in [-0.15, -0.1) is 0 Å². The number of aryl methyl sites for hydroxylation is 1. The van der Waals surface area contributed by atoms with E-state index in [1.807, 2.05) is 53.1 Å². The zero-order valence-electron chi connectivity index (χ0n) is 14.8. The minimum Gasteiger partial charge on any atom is -0.489 e. The topological polar surface area (TPSA) is 44.1 Å². The molecule has 3 aromatic rings. The molecule has 26 heavy (non-hydrogen) atoms. The predicted octanol–water partition coefficient (Wildman–Crippen LogP) is 4.34. The number of nitrogens with zero attached hydrogens (tertiary/aromatic N) is 2. The van der Waals surface area contributed by atoms with E-state index >= 15 is 0 Å². The van der Waals surface area contributed by atoms with Gasteiger partial charge in [0.25, 0.3) is 5.56 Å². The van der Waals surface area contributed by atoms with Gasteiger partial charge in [-0.05, 0) is 42.2 Å². The van der Waals surface area contributed by atoms with Crippen LogP contribution in [0.2, 0.25) is 0 Å². The van der Waals surface area contributed by atoms with E-state index in [-0.39, 0.29) is 5.56 Å². The molecule has 0 spiro atoms. The lowest BCUT2D eigenvalue weighted by molar-refractivity contribution is 0.306. The third kappa shape index (κ3) is 3.27. The SMILES string of the molecule is C=Cc1ccc(COc2ccc3nc4n(c(=O)c3c2)CCCCC4)cc1. The first kappa shape index (κ1) is 16.6. The van der Waals surface area contributed by atoms with Gasteiger partial charge in [-0.25, -0.2) is 4.98 Å². The second-order valence-corrected chi connectivity index (χ2v) is 6.71. The average Bonchev–Trinajstić information content (AvgIpc) is 2.93. The summed E-state index contributed by atoms with van der Waals surface area (Å²) in [6.07, 6.45) is 5.99. The van der Waals surface area contributed by atoms with Gasteiger partial charge in [-0.3, -0.25) is 9.36 Å². The molecule has 2 heterocycles. The Morgan fingerprint density at radius 2 is 1.96 bits per heavy atom. The average molecular weight is 346 g/mol. The molecule has 1 aliphatic heterocycles. The molecular weight excluding hydrogens is 324 g/mol. The van der Waals surface area contributed by atoms with Crippen LogP contribution < -0.4 is 10.3 Å². The van der Waals surface area contributed by atoms with Gasteiger partial charge < -0.3 is 4.74 Å². The van der Waals surface area contributed by atoms with Crippen LogP contribution in [0.4, 0.5) is 0 Å². The molecule has 0 bridgehead atoms. The van der Waals surface area contributed by atoms with E-state index in [2.05, 4.69) is 6.58 Å². The number of benzene rings is 2. The molecular formula is C22H22N2O2. The zero-order chi connectivity index (χ0) is 17.9. The quantitative estimate of drug-likeness (QED) is 0.706. The van der Waals surface area contributed by atoms with Crippen molar-refractivity contribution in [3.8, 4) is 5.75 Å². The molecule has 0 atom stereocenters. The van der Waals surface area contributed by atoms with Crippen molar-refractivity contribution >= 4 is 17.0 Å². The lowest BCUT2D eigenvalue weighted by Crippen LogP contribution is -2.24. The summed E-state index contributed by atoms with van der Waals surface area (Å²) in [6, 6.07) is 13.7. The summed E-state index contributed by atoms with van der Waals surface area (Å²) in [5.41, 5.74) is 2.96. The Balaban J connectivity index is 1.61. The fourth-order valence-electron chi connectivity index (χ4n) is 3.40. The molecule has 1 aliphatic rings. The van der Waals surface area contributed by atoms with Gasteiger partial charge in [0.2, 0.25) is 0 Å². The summed E-state index contributed by atoms with van der Waals surface area (Å²) in [5.74, 6) is 1.61. The highest BCUT2D eigenvalue weighted by Crippen LogP contribution is 2.20. The van der Waals surface area contributed by atoms with E-state index in [1.165, 1.54) is 0 Å². The zero-order valence-corrected chi connectivity index (χ0v) is 14.8. The van der Waals surface area contributed by atoms with Gasteiger partial charge >= 0.3 is 0 Å². The van der Waals surface area contributed by atoms with Crippen molar-refractivity contribution < 1.29 is 4.74 Å². The molecule has 0 amide bonds. The van der Waals surface area contributed by atoms with Crippen molar-refractivity contribution in [2.24, 2.45) is 0 Å². The van der Waals surface area contributed by atoms with Crippen molar-refractivity contribution in [1.82, 2.24) is 9.55 Å². The summed E-state index contributed by atoms with van der Waals surface area (Å²) in [5, 5.41) is 0.634. The van der Waals surface area contributed by atoms with Crippen LogP contribution in [0, 0.1) is 0 Å². The van der Waals surface area contributed by atoms with E-state index in [0.717, 1.165) is 54.7 Å². The van der Waals surface area contributed by atoms with Gasteiger partial charge in [0, 0.05) is 13.0 Å². The highest BCUT2D eigenvalue weighted by molar-refractivity contribution is 5.79. The Labute approximate surface area is 152 Å². The van der Waals surface area contributed by atoms with Crippen LogP contribution >= 0.6 is 0 Å². The Hall–Kier alpha value is -2.88. The number of hydrogen-bond acceptors (Lipinski definition) is 3. The van der Waals surface area contributed by atoms with Gasteiger partial charge in [0.1, 0.15) is 18.2 Å². The van der Waals surface area contributed by atoms with Crippen LogP contribution in [0.15, 0.2) is 53.8 Å². The first-order valence-electron chi connectivity index (χ1n) is 9.12. The normalized spacial score (nSPS) is 13.8. The van der Waals surface area contributed by atoms with Gasteiger partial charge in [0.15, 0.2) is 0 Å². The molecule has 0 N–H and O–H groups in total. The third-order valence-corrected chi connectivity index (χ3v) is 4.91. The van der Waals surface area contributed by atoms with Crippen molar-refractivity contribution in [1.29, 1.82) is 0 Å². The number of fused-ring (bicyclic) bond motifs is 2. The summed E-state index contributed by atoms with van der Waals surface area (Å²) in [7, 11) is 0. The number of hydrogen-bond donors (Lipinski definition) is 0. The molecule has 0 aliphatic carbocycles. The lowest BCUT2D eigenvalue weighted by atomic mass is 10.1. The molecule has 1 aromatic heterocycles. The molecule has 4 heteroatoms. The van der Waals surface area contributed by atoms with Crippen molar-refractivity contribution in [3.63, 3.8) is 0 Å². The summed E-state index contributed by atoms with van der Waals surface area (Å²) >= 11 is 0. The summed E-state index contributed by atoms with van der Waals surface area (Å²) in [4.78, 5) is 17.6. The first-order chi connectivity index (χ1) is 12.7. The predicted molar refractivity (Wildman–Crippen MR) is 104 cm³/mol. The van der Waals surface area contributed by atoms with Crippen molar-refractivity contribution in [3.05, 3.63) is 76.3 Å². The van der Waals surface area contributed by atoms with Gasteiger partial charge in [0.05, 0.1) is 10.9 Å². The number of aromatic nitrogens is 2. The number of ether oxygens (including phenoxy) is 1. The molecule has 0 radical (unpaired) electrons. The Kier molecular flexibility index (Phi) is 4.57. The second-order valence-electron chi connectivity index (χ2n) is 6.71. The standard InChI is InChI=1S/C22H22N2O2/c1-2-16-7-9-17(10-8-16)15-26-18-11-12-20-19(14-18)22(25)24-13-5-3-4-6-21(24)23-20/h2,7-12,14H,1,3-6,13,15H2. The van der Waals surface area contributed by atoms with Crippen LogP contribution in [-0.4, -0.2) is 9.55 Å². The largest absolute Gasteiger partial charge is 0.489 e. The van der Waals surface area contributed by atoms with Crippen LogP contribution in [0.1, 0.15) is 36.2 Å². The Morgan fingerprint density at radius 1 is 1.12 bits per heavy atom. The summed E-state index contributed by atoms with van der Waals surface area (Å²) < 4.78 is 7.74. The lowest BCUT2D eigenvalue weighted by Gasteiger charge is -2.11. The molecule has 0 unspecified atom stereocenters. The van der Waals surface area contributed by atoms with Crippen LogP contribution in [0.25, 0.3) is 17.0 Å². The Bertz CT molecular complexity index is 1000. The highest BCUT2D eigenvalue weighted by Gasteiger charge is 2.14. The molecule has 4 nitrogen and oxygen atoms in total. The monoisotopic (exact) mass is 346 g/mol. The second kappa shape index (κ2) is 7.16. The molecule has 0 saturated carbocycles. The maximum atomic E-state index is 12.9. The van der Waals surface area contributed by atoms with E-state index in [9.17, 15) is 4.79 Å². The van der Waals surface area contributed by atoms with E-state index < -0.39 is 0 Å². The molecule has 132 valence electrons. The van der Waals surface area contributed by atoms with E-state index in [0.29, 0.717) is 17.7 Å². The van der Waals surface area contributed by atoms with Crippen molar-refractivity contribution in [2.75, 3.05) is 0 Å². The third-order valence-electron chi connectivity index (χ3n) is 4.91. The highest BCUT2D eigenvalue weighted by atomic mass is 16.5. The Morgan fingerprint density at radius 3 is 2.77 bits per heavy atom. The van der Waals surface area contributed by atoms with Gasteiger partial charge in [-0.2, -0.15) is 0 Å². The van der Waals surface area contributed by atoms with Crippen LogP contribution in [0.5, 0.6) is 5.75 Å². The fraction of sp³-hybridized carbons (Fsp3) is 0.273. The fourth-order valence-corrected chi connectivity index (χ4v) is 3.40. The molecule has 4 rings (SSSR count). The molecule has 2 aromatic carbocycles. The summed E-state index contributed by atoms with van der Waals surface area (Å²) in [6.45, 7) is 4.98. The molecule has 0 fully saturated rings. The van der Waals surface area contributed by atoms with Crippen LogP contribution in [-0.2, 0) is 19.6 Å². The smallest absolute Gasteiger partial charge is 0.261 e. The molecule has 0 saturated heterocycles. The van der Waals surface area contributed by atoms with Crippen molar-refractivity contribution in [2.45, 2.75) is 38.8 Å².